The van der Waals surface area contributed by atoms with Crippen molar-refractivity contribution in [3.05, 3.63) is 164 Å². The molecule has 0 amide bonds. The molecule has 6 bridgehead atoms. The molecule has 0 saturated heterocycles. The minimum atomic E-state index is 1.15. The van der Waals surface area contributed by atoms with Crippen LogP contribution in [0.15, 0.2) is 164 Å². The van der Waals surface area contributed by atoms with E-state index in [1.54, 1.807) is 0 Å². The maximum absolute atomic E-state index is 2.47. The number of benzene rings is 8. The van der Waals surface area contributed by atoms with Gasteiger partial charge in [-0.05, 0) is 90.7 Å². The monoisotopic (exact) mass is 569 g/mol. The van der Waals surface area contributed by atoms with Crippen molar-refractivity contribution in [3.63, 3.8) is 0 Å². The van der Waals surface area contributed by atoms with E-state index >= 15 is 0 Å². The van der Waals surface area contributed by atoms with E-state index in [4.69, 9.17) is 0 Å². The Kier molecular flexibility index (Phi) is 5.06. The molecule has 0 atom stereocenters. The van der Waals surface area contributed by atoms with Gasteiger partial charge < -0.3 is 4.90 Å². The molecule has 45 heavy (non-hydrogen) atoms. The highest BCUT2D eigenvalue weighted by molar-refractivity contribution is 6.15. The fourth-order valence-electron chi connectivity index (χ4n) is 7.85. The highest BCUT2D eigenvalue weighted by atomic mass is 15.1. The van der Waals surface area contributed by atoms with Gasteiger partial charge in [0.2, 0.25) is 0 Å². The third kappa shape index (κ3) is 3.44. The van der Waals surface area contributed by atoms with Gasteiger partial charge in [-0.1, -0.05) is 140 Å². The number of nitrogens with zero attached hydrogens (tertiary/aromatic N) is 1. The Balaban J connectivity index is 1.31. The minimum Gasteiger partial charge on any atom is -0.309 e. The number of hydrogen-bond acceptors (Lipinski definition) is 1. The van der Waals surface area contributed by atoms with E-state index in [1.165, 1.54) is 88.6 Å². The topological polar surface area (TPSA) is 3.24 Å². The number of fused-ring (bicyclic) bond motifs is 6. The van der Waals surface area contributed by atoms with Crippen LogP contribution in [0, 0.1) is 0 Å². The van der Waals surface area contributed by atoms with E-state index in [1.807, 2.05) is 0 Å². The first-order chi connectivity index (χ1) is 22.3. The number of rotatable bonds is 3. The maximum Gasteiger partial charge on any atom is 0.0540 e. The molecule has 0 radical (unpaired) electrons. The lowest BCUT2D eigenvalue weighted by molar-refractivity contribution is 1.31. The summed E-state index contributed by atoms with van der Waals surface area (Å²) in [5, 5.41) is 4.92. The summed E-state index contributed by atoms with van der Waals surface area (Å²) in [7, 11) is 0. The first-order valence-electron chi connectivity index (χ1n) is 15.6. The van der Waals surface area contributed by atoms with Crippen LogP contribution in [-0.2, 0) is 0 Å². The number of anilines is 3. The molecule has 0 saturated carbocycles. The van der Waals surface area contributed by atoms with Gasteiger partial charge in [0.15, 0.2) is 0 Å². The smallest absolute Gasteiger partial charge is 0.0540 e. The minimum absolute atomic E-state index is 1.15. The van der Waals surface area contributed by atoms with Crippen molar-refractivity contribution in [1.82, 2.24) is 0 Å². The lowest BCUT2D eigenvalue weighted by Gasteiger charge is -2.29. The second-order valence-corrected chi connectivity index (χ2v) is 12.1. The van der Waals surface area contributed by atoms with Gasteiger partial charge in [-0.3, -0.25) is 0 Å². The van der Waals surface area contributed by atoms with E-state index in [0.29, 0.717) is 0 Å². The van der Waals surface area contributed by atoms with Gasteiger partial charge in [-0.15, -0.1) is 0 Å². The summed E-state index contributed by atoms with van der Waals surface area (Å²) in [4.78, 5) is 2.47. The predicted octanol–water partition coefficient (Wildman–Crippen LogP) is 12.4. The molecule has 10 rings (SSSR count). The average molecular weight is 570 g/mol. The standard InChI is InChI=1S/C44H27N/c1-3-15-31-28(11-1)13-7-23-41(31)45(42-24-8-14-29-12-2-4-16-32(29)42)30-25-26-34-37-20-10-21-38-39-22-9-19-36(44(39)40(34)27-30)33-17-5-6-18-35(33)43(37)38/h1-27H. The lowest BCUT2D eigenvalue weighted by atomic mass is 9.83. The van der Waals surface area contributed by atoms with E-state index in [2.05, 4.69) is 169 Å². The molecular weight excluding hydrogens is 542 g/mol. The average Bonchev–Trinajstić information content (AvgIpc) is 3.21. The Morgan fingerprint density at radius 3 is 1.33 bits per heavy atom. The third-order valence-electron chi connectivity index (χ3n) is 9.74. The summed E-state index contributed by atoms with van der Waals surface area (Å²) < 4.78 is 0. The van der Waals surface area contributed by atoms with Gasteiger partial charge in [0, 0.05) is 16.5 Å². The second-order valence-electron chi connectivity index (χ2n) is 12.1. The van der Waals surface area contributed by atoms with Gasteiger partial charge in [0.1, 0.15) is 0 Å². The first-order valence-corrected chi connectivity index (χ1v) is 15.6. The van der Waals surface area contributed by atoms with Gasteiger partial charge in [0.05, 0.1) is 11.4 Å². The maximum atomic E-state index is 2.47. The normalized spacial score (nSPS) is 12.0. The molecule has 1 nitrogen and oxygen atoms in total. The van der Waals surface area contributed by atoms with Crippen LogP contribution in [0.4, 0.5) is 17.1 Å². The fourth-order valence-corrected chi connectivity index (χ4v) is 7.85. The molecule has 8 aromatic carbocycles. The highest BCUT2D eigenvalue weighted by Gasteiger charge is 2.31. The molecule has 0 unspecified atom stereocenters. The predicted molar refractivity (Wildman–Crippen MR) is 190 cm³/mol. The summed E-state index contributed by atoms with van der Waals surface area (Å²) in [6.45, 7) is 0. The molecule has 2 aliphatic rings. The van der Waals surface area contributed by atoms with Gasteiger partial charge in [0.25, 0.3) is 0 Å². The van der Waals surface area contributed by atoms with Gasteiger partial charge in [-0.25, -0.2) is 0 Å². The molecular formula is C44H27N. The molecule has 8 aromatic rings. The second kappa shape index (κ2) is 9.29. The molecule has 0 aliphatic heterocycles. The van der Waals surface area contributed by atoms with Crippen LogP contribution in [0.2, 0.25) is 0 Å². The van der Waals surface area contributed by atoms with Crippen LogP contribution in [0.3, 0.4) is 0 Å². The molecule has 1 heteroatoms. The Hall–Kier alpha value is -5.92. The molecule has 2 aliphatic carbocycles. The van der Waals surface area contributed by atoms with E-state index < -0.39 is 0 Å². The molecule has 0 heterocycles. The SMILES string of the molecule is c1ccc2c(c1)-c1cccc3c1-c1cc(N(c4cccc5ccccc45)c4cccc5ccccc45)ccc1-c1cccc-3c1-2. The van der Waals surface area contributed by atoms with Crippen molar-refractivity contribution in [2.45, 2.75) is 0 Å². The van der Waals surface area contributed by atoms with Crippen molar-refractivity contribution < 1.29 is 0 Å². The molecule has 0 fully saturated rings. The van der Waals surface area contributed by atoms with E-state index in [0.717, 1.165) is 5.69 Å². The molecule has 208 valence electrons. The molecule has 0 spiro atoms. The number of hydrogen-bond donors (Lipinski definition) is 0. The van der Waals surface area contributed by atoms with Crippen LogP contribution in [-0.4, -0.2) is 0 Å². The highest BCUT2D eigenvalue weighted by Crippen LogP contribution is 2.58. The largest absolute Gasteiger partial charge is 0.309 e. The van der Waals surface area contributed by atoms with Crippen molar-refractivity contribution in [2.75, 3.05) is 4.90 Å². The summed E-state index contributed by atoms with van der Waals surface area (Å²) in [6.07, 6.45) is 0. The quantitative estimate of drug-likeness (QED) is 0.205. The van der Waals surface area contributed by atoms with Crippen LogP contribution < -0.4 is 4.90 Å². The Morgan fingerprint density at radius 2 is 0.711 bits per heavy atom. The van der Waals surface area contributed by atoms with Crippen LogP contribution in [0.25, 0.3) is 77.2 Å². The first kappa shape index (κ1) is 24.5. The molecule has 0 N–H and O–H groups in total. The summed E-state index contributed by atoms with van der Waals surface area (Å²) in [6, 6.07) is 60.4. The summed E-state index contributed by atoms with van der Waals surface area (Å²) in [5.41, 5.74) is 16.5. The van der Waals surface area contributed by atoms with Crippen LogP contribution in [0.5, 0.6) is 0 Å². The van der Waals surface area contributed by atoms with Gasteiger partial charge in [-0.2, -0.15) is 0 Å². The zero-order valence-electron chi connectivity index (χ0n) is 24.5. The zero-order chi connectivity index (χ0) is 29.5. The van der Waals surface area contributed by atoms with E-state index in [9.17, 15) is 0 Å². The van der Waals surface area contributed by atoms with Gasteiger partial charge >= 0.3 is 0 Å². The lowest BCUT2D eigenvalue weighted by Crippen LogP contribution is -2.11. The summed E-state index contributed by atoms with van der Waals surface area (Å²) >= 11 is 0. The zero-order valence-corrected chi connectivity index (χ0v) is 24.5. The Labute approximate surface area is 262 Å². The fraction of sp³-hybridized carbons (Fsp3) is 0. The van der Waals surface area contributed by atoms with Crippen molar-refractivity contribution in [1.29, 1.82) is 0 Å². The Morgan fingerprint density at radius 1 is 0.289 bits per heavy atom. The molecule has 0 aromatic heterocycles. The Bertz CT molecular complexity index is 2390. The summed E-state index contributed by atoms with van der Waals surface area (Å²) in [5.74, 6) is 0. The van der Waals surface area contributed by atoms with Crippen molar-refractivity contribution in [2.24, 2.45) is 0 Å². The van der Waals surface area contributed by atoms with Crippen molar-refractivity contribution in [3.8, 4) is 55.6 Å². The van der Waals surface area contributed by atoms with Crippen LogP contribution >= 0.6 is 0 Å². The third-order valence-corrected chi connectivity index (χ3v) is 9.74. The van der Waals surface area contributed by atoms with E-state index in [-0.39, 0.29) is 0 Å². The van der Waals surface area contributed by atoms with Crippen LogP contribution in [0.1, 0.15) is 0 Å². The van der Waals surface area contributed by atoms with Crippen molar-refractivity contribution >= 4 is 38.6 Å².